The molecule has 6 heteroatoms. The highest BCUT2D eigenvalue weighted by molar-refractivity contribution is 5.89. The molecule has 23 heavy (non-hydrogen) atoms. The second kappa shape index (κ2) is 8.08. The average molecular weight is 320 g/mol. The number of carbonyl (C=O) groups is 2. The molecule has 0 bridgehead atoms. The summed E-state index contributed by atoms with van der Waals surface area (Å²) in [4.78, 5) is 25.8. The zero-order valence-corrected chi connectivity index (χ0v) is 13.9. The lowest BCUT2D eigenvalue weighted by Gasteiger charge is -2.34. The van der Waals surface area contributed by atoms with Crippen molar-refractivity contribution in [2.45, 2.75) is 32.5 Å². The molecule has 1 aromatic carbocycles. The van der Waals surface area contributed by atoms with Gasteiger partial charge < -0.3 is 14.8 Å². The van der Waals surface area contributed by atoms with Crippen molar-refractivity contribution < 1.29 is 19.1 Å². The van der Waals surface area contributed by atoms with Gasteiger partial charge in [-0.05, 0) is 31.5 Å². The van der Waals surface area contributed by atoms with Gasteiger partial charge >= 0.3 is 5.97 Å². The SMILES string of the molecule is COC(=O)c1ccc(CNC(=O)[C@@H](C)N2CCO[C@@H](C)C2)cc1. The molecule has 2 atom stereocenters. The molecule has 1 heterocycles. The maximum Gasteiger partial charge on any atom is 0.337 e. The number of methoxy groups -OCH3 is 1. The summed E-state index contributed by atoms with van der Waals surface area (Å²) in [7, 11) is 1.35. The first-order chi connectivity index (χ1) is 11.0. The fourth-order valence-corrected chi connectivity index (χ4v) is 2.58. The Morgan fingerprint density at radius 2 is 2.09 bits per heavy atom. The van der Waals surface area contributed by atoms with E-state index in [0.717, 1.165) is 18.7 Å². The first-order valence-electron chi connectivity index (χ1n) is 7.82. The van der Waals surface area contributed by atoms with Gasteiger partial charge in [0.1, 0.15) is 0 Å². The zero-order chi connectivity index (χ0) is 16.8. The van der Waals surface area contributed by atoms with Crippen molar-refractivity contribution in [1.29, 1.82) is 0 Å². The van der Waals surface area contributed by atoms with E-state index in [0.29, 0.717) is 18.7 Å². The van der Waals surface area contributed by atoms with Crippen LogP contribution in [0.1, 0.15) is 29.8 Å². The van der Waals surface area contributed by atoms with Crippen LogP contribution in [0.3, 0.4) is 0 Å². The second-order valence-electron chi connectivity index (χ2n) is 5.76. The molecule has 0 saturated carbocycles. The summed E-state index contributed by atoms with van der Waals surface area (Å²) in [6.45, 7) is 6.56. The molecule has 2 rings (SSSR count). The number of rotatable bonds is 5. The number of amides is 1. The number of hydrogen-bond donors (Lipinski definition) is 1. The molecule has 1 fully saturated rings. The van der Waals surface area contributed by atoms with Crippen molar-refractivity contribution in [3.8, 4) is 0 Å². The Bertz CT molecular complexity index is 544. The first kappa shape index (κ1) is 17.4. The lowest BCUT2D eigenvalue weighted by molar-refractivity contribution is -0.129. The van der Waals surface area contributed by atoms with Crippen molar-refractivity contribution in [2.75, 3.05) is 26.8 Å². The molecular weight excluding hydrogens is 296 g/mol. The molecule has 6 nitrogen and oxygen atoms in total. The van der Waals surface area contributed by atoms with Crippen LogP contribution in [0.4, 0.5) is 0 Å². The summed E-state index contributed by atoms with van der Waals surface area (Å²) >= 11 is 0. The molecule has 1 aliphatic heterocycles. The Labute approximate surface area is 136 Å². The second-order valence-corrected chi connectivity index (χ2v) is 5.76. The number of nitrogens with zero attached hydrogens (tertiary/aromatic N) is 1. The van der Waals surface area contributed by atoms with Gasteiger partial charge in [-0.3, -0.25) is 9.69 Å². The van der Waals surface area contributed by atoms with Gasteiger partial charge in [0.25, 0.3) is 0 Å². The smallest absolute Gasteiger partial charge is 0.337 e. The van der Waals surface area contributed by atoms with Gasteiger partial charge in [0.05, 0.1) is 31.4 Å². The number of morpholine rings is 1. The van der Waals surface area contributed by atoms with E-state index in [2.05, 4.69) is 15.0 Å². The third kappa shape index (κ3) is 4.77. The Kier molecular flexibility index (Phi) is 6.12. The van der Waals surface area contributed by atoms with Gasteiger partial charge in [0, 0.05) is 19.6 Å². The predicted octanol–water partition coefficient (Wildman–Crippen LogP) is 1.20. The van der Waals surface area contributed by atoms with Crippen molar-refractivity contribution in [1.82, 2.24) is 10.2 Å². The molecule has 126 valence electrons. The lowest BCUT2D eigenvalue weighted by Crippen LogP contribution is -2.51. The molecule has 0 aromatic heterocycles. The van der Waals surface area contributed by atoms with E-state index in [1.165, 1.54) is 7.11 Å². The van der Waals surface area contributed by atoms with Crippen molar-refractivity contribution >= 4 is 11.9 Å². The molecule has 0 radical (unpaired) electrons. The van der Waals surface area contributed by atoms with Crippen molar-refractivity contribution in [3.05, 3.63) is 35.4 Å². The molecular formula is C17H24N2O4. The summed E-state index contributed by atoms with van der Waals surface area (Å²) in [5.41, 5.74) is 1.44. The zero-order valence-electron chi connectivity index (χ0n) is 13.9. The number of esters is 1. The Hall–Kier alpha value is -1.92. The highest BCUT2D eigenvalue weighted by Crippen LogP contribution is 2.09. The summed E-state index contributed by atoms with van der Waals surface area (Å²) in [5, 5.41) is 2.94. The average Bonchev–Trinajstić information content (AvgIpc) is 2.58. The number of benzene rings is 1. The maximum atomic E-state index is 12.3. The number of nitrogens with one attached hydrogen (secondary N) is 1. The highest BCUT2D eigenvalue weighted by Gasteiger charge is 2.25. The molecule has 0 aliphatic carbocycles. The normalized spacial score (nSPS) is 19.9. The Morgan fingerprint density at radius 1 is 1.39 bits per heavy atom. The van der Waals surface area contributed by atoms with Crippen LogP contribution in [0.25, 0.3) is 0 Å². The fourth-order valence-electron chi connectivity index (χ4n) is 2.58. The monoisotopic (exact) mass is 320 g/mol. The van der Waals surface area contributed by atoms with Crippen LogP contribution in [0.5, 0.6) is 0 Å². The third-order valence-electron chi connectivity index (χ3n) is 4.04. The van der Waals surface area contributed by atoms with Gasteiger partial charge in [0.2, 0.25) is 5.91 Å². The summed E-state index contributed by atoms with van der Waals surface area (Å²) in [6.07, 6.45) is 0.157. The van der Waals surface area contributed by atoms with Crippen LogP contribution < -0.4 is 5.32 Å². The number of ether oxygens (including phenoxy) is 2. The van der Waals surface area contributed by atoms with Crippen LogP contribution in [-0.2, 0) is 20.8 Å². The van der Waals surface area contributed by atoms with Gasteiger partial charge in [0.15, 0.2) is 0 Å². The molecule has 1 aliphatic rings. The number of carbonyl (C=O) groups excluding carboxylic acids is 2. The van der Waals surface area contributed by atoms with Crippen LogP contribution in [0, 0.1) is 0 Å². The predicted molar refractivity (Wildman–Crippen MR) is 86.1 cm³/mol. The Morgan fingerprint density at radius 3 is 2.70 bits per heavy atom. The molecule has 0 spiro atoms. The van der Waals surface area contributed by atoms with Crippen LogP contribution in [0.15, 0.2) is 24.3 Å². The third-order valence-corrected chi connectivity index (χ3v) is 4.04. The molecule has 0 unspecified atom stereocenters. The van der Waals surface area contributed by atoms with Gasteiger partial charge in [-0.2, -0.15) is 0 Å². The quantitative estimate of drug-likeness (QED) is 0.826. The van der Waals surface area contributed by atoms with Crippen molar-refractivity contribution in [2.24, 2.45) is 0 Å². The minimum absolute atomic E-state index is 0.00357. The Balaban J connectivity index is 1.84. The highest BCUT2D eigenvalue weighted by atomic mass is 16.5. The van der Waals surface area contributed by atoms with E-state index in [1.807, 2.05) is 26.0 Å². The minimum atomic E-state index is -0.365. The van der Waals surface area contributed by atoms with Gasteiger partial charge in [-0.15, -0.1) is 0 Å². The van der Waals surface area contributed by atoms with E-state index in [4.69, 9.17) is 4.74 Å². The van der Waals surface area contributed by atoms with E-state index >= 15 is 0 Å². The van der Waals surface area contributed by atoms with Crippen LogP contribution >= 0.6 is 0 Å². The topological polar surface area (TPSA) is 67.9 Å². The molecule has 1 amide bonds. The van der Waals surface area contributed by atoms with Crippen LogP contribution in [-0.4, -0.2) is 55.7 Å². The summed E-state index contributed by atoms with van der Waals surface area (Å²) in [6, 6.07) is 6.83. The van der Waals surface area contributed by atoms with E-state index < -0.39 is 0 Å². The maximum absolute atomic E-state index is 12.3. The molecule has 1 saturated heterocycles. The van der Waals surface area contributed by atoms with Crippen molar-refractivity contribution in [3.63, 3.8) is 0 Å². The van der Waals surface area contributed by atoms with E-state index in [9.17, 15) is 9.59 Å². The van der Waals surface area contributed by atoms with Gasteiger partial charge in [-0.25, -0.2) is 4.79 Å². The lowest BCUT2D eigenvalue weighted by atomic mass is 10.1. The largest absolute Gasteiger partial charge is 0.465 e. The standard InChI is InChI=1S/C17H24N2O4/c1-12-11-19(8-9-23-12)13(2)16(20)18-10-14-4-6-15(7-5-14)17(21)22-3/h4-7,12-13H,8-11H2,1-3H3,(H,18,20)/t12-,13+/m0/s1. The van der Waals surface area contributed by atoms with E-state index in [1.54, 1.807) is 12.1 Å². The molecule has 1 aromatic rings. The van der Waals surface area contributed by atoms with E-state index in [-0.39, 0.29) is 24.0 Å². The summed E-state index contributed by atoms with van der Waals surface area (Å²) < 4.78 is 10.2. The number of hydrogen-bond acceptors (Lipinski definition) is 5. The van der Waals surface area contributed by atoms with Crippen LogP contribution in [0.2, 0.25) is 0 Å². The summed E-state index contributed by atoms with van der Waals surface area (Å²) in [5.74, 6) is -0.369. The van der Waals surface area contributed by atoms with Gasteiger partial charge in [-0.1, -0.05) is 12.1 Å². The molecule has 1 N–H and O–H groups in total. The fraction of sp³-hybridized carbons (Fsp3) is 0.529. The minimum Gasteiger partial charge on any atom is -0.465 e. The first-order valence-corrected chi connectivity index (χ1v) is 7.82.